The molecule has 0 bridgehead atoms. The number of quaternary nitrogens is 1. The van der Waals surface area contributed by atoms with Crippen molar-refractivity contribution < 1.29 is 14.4 Å². The monoisotopic (exact) mass is 311 g/mol. The van der Waals surface area contributed by atoms with Crippen LogP contribution in [0.4, 0.5) is 0 Å². The molecule has 21 heavy (non-hydrogen) atoms. The summed E-state index contributed by atoms with van der Waals surface area (Å²) < 4.78 is 5.68. The predicted octanol–water partition coefficient (Wildman–Crippen LogP) is 0.691. The van der Waals surface area contributed by atoms with E-state index in [-0.39, 0.29) is 18.1 Å². The molecule has 0 radical (unpaired) electrons. The van der Waals surface area contributed by atoms with Gasteiger partial charge in [-0.3, -0.25) is 4.79 Å². The molecule has 116 valence electrons. The smallest absolute Gasteiger partial charge is 0.275 e. The number of benzene rings is 1. The molecule has 5 heteroatoms. The van der Waals surface area contributed by atoms with Crippen molar-refractivity contribution in [2.24, 2.45) is 0 Å². The van der Waals surface area contributed by atoms with Gasteiger partial charge in [0.1, 0.15) is 25.3 Å². The Morgan fingerprint density at radius 2 is 2.10 bits per heavy atom. The number of hydrogen-bond acceptors (Lipinski definition) is 2. The average molecular weight is 312 g/mol. The number of morpholine rings is 1. The average Bonchev–Trinajstić information content (AvgIpc) is 2.37. The van der Waals surface area contributed by atoms with Crippen LogP contribution in [-0.2, 0) is 16.0 Å². The Hall–Kier alpha value is -1.10. The van der Waals surface area contributed by atoms with Crippen LogP contribution in [0.1, 0.15) is 19.4 Å². The van der Waals surface area contributed by atoms with E-state index in [1.165, 1.54) is 4.90 Å². The van der Waals surface area contributed by atoms with E-state index in [2.05, 4.69) is 19.2 Å². The number of nitrogens with one attached hydrogen (secondary N) is 2. The molecule has 1 fully saturated rings. The lowest BCUT2D eigenvalue weighted by Gasteiger charge is -2.31. The first kappa shape index (κ1) is 16.3. The highest BCUT2D eigenvalue weighted by Gasteiger charge is 2.26. The number of carbonyl (C=O) groups is 1. The summed E-state index contributed by atoms with van der Waals surface area (Å²) in [5.74, 6) is 0.105. The van der Waals surface area contributed by atoms with Crippen LogP contribution in [0.15, 0.2) is 24.3 Å². The normalized spacial score (nSPS) is 25.6. The van der Waals surface area contributed by atoms with Gasteiger partial charge in [-0.15, -0.1) is 0 Å². The molecule has 4 nitrogen and oxygen atoms in total. The number of amides is 1. The second-order valence-corrected chi connectivity index (χ2v) is 6.26. The summed E-state index contributed by atoms with van der Waals surface area (Å²) in [6, 6.07) is 7.74. The number of rotatable bonds is 5. The summed E-state index contributed by atoms with van der Waals surface area (Å²) in [4.78, 5) is 13.3. The maximum atomic E-state index is 12.0. The van der Waals surface area contributed by atoms with Crippen LogP contribution >= 0.6 is 11.6 Å². The van der Waals surface area contributed by atoms with Crippen LogP contribution in [0.25, 0.3) is 0 Å². The van der Waals surface area contributed by atoms with E-state index >= 15 is 0 Å². The fourth-order valence-corrected chi connectivity index (χ4v) is 3.07. The Morgan fingerprint density at radius 3 is 2.76 bits per heavy atom. The zero-order valence-electron chi connectivity index (χ0n) is 12.7. The van der Waals surface area contributed by atoms with Crippen molar-refractivity contribution in [2.75, 3.05) is 26.2 Å². The summed E-state index contributed by atoms with van der Waals surface area (Å²) >= 11 is 5.94. The molecular weight excluding hydrogens is 288 g/mol. The van der Waals surface area contributed by atoms with Crippen molar-refractivity contribution in [3.05, 3.63) is 34.9 Å². The lowest BCUT2D eigenvalue weighted by molar-refractivity contribution is -0.907. The molecule has 1 aliphatic heterocycles. The molecule has 1 aromatic carbocycles. The van der Waals surface area contributed by atoms with Gasteiger partial charge in [-0.1, -0.05) is 23.7 Å². The molecule has 0 saturated carbocycles. The van der Waals surface area contributed by atoms with Crippen LogP contribution in [-0.4, -0.2) is 44.3 Å². The van der Waals surface area contributed by atoms with Gasteiger partial charge in [0.25, 0.3) is 5.91 Å². The molecule has 2 rings (SSSR count). The molecule has 0 aliphatic carbocycles. The van der Waals surface area contributed by atoms with Crippen LogP contribution in [0.5, 0.6) is 0 Å². The van der Waals surface area contributed by atoms with E-state index in [1.54, 1.807) is 0 Å². The third kappa shape index (κ3) is 5.65. The van der Waals surface area contributed by atoms with Gasteiger partial charge in [-0.25, -0.2) is 0 Å². The molecular formula is C16H24ClN2O2+. The lowest BCUT2D eigenvalue weighted by Crippen LogP contribution is -3.16. The summed E-state index contributed by atoms with van der Waals surface area (Å²) in [5, 5.41) is 3.72. The van der Waals surface area contributed by atoms with Crippen molar-refractivity contribution in [1.82, 2.24) is 5.32 Å². The van der Waals surface area contributed by atoms with Gasteiger partial charge >= 0.3 is 0 Å². The molecule has 1 aromatic rings. The van der Waals surface area contributed by atoms with Gasteiger partial charge in [0.15, 0.2) is 6.54 Å². The van der Waals surface area contributed by atoms with Crippen LogP contribution in [0.3, 0.4) is 0 Å². The van der Waals surface area contributed by atoms with Gasteiger partial charge < -0.3 is 15.0 Å². The SMILES string of the molecule is C[C@H]1C[NH+](CC(=O)NCCc2cccc(Cl)c2)C[C@H](C)O1. The van der Waals surface area contributed by atoms with E-state index in [0.717, 1.165) is 30.1 Å². The second kappa shape index (κ2) is 7.78. The number of halogens is 1. The minimum atomic E-state index is 0.105. The Kier molecular flexibility index (Phi) is 6.03. The van der Waals surface area contributed by atoms with E-state index in [9.17, 15) is 4.79 Å². The Bertz CT molecular complexity index is 471. The first-order chi connectivity index (χ1) is 10.0. The third-order valence-corrected chi connectivity index (χ3v) is 3.89. The largest absolute Gasteiger partial charge is 0.364 e. The second-order valence-electron chi connectivity index (χ2n) is 5.82. The van der Waals surface area contributed by atoms with E-state index in [4.69, 9.17) is 16.3 Å². The van der Waals surface area contributed by atoms with Crippen LogP contribution < -0.4 is 10.2 Å². The molecule has 1 heterocycles. The van der Waals surface area contributed by atoms with Gasteiger partial charge in [0.2, 0.25) is 0 Å². The number of carbonyl (C=O) groups excluding carboxylic acids is 1. The summed E-state index contributed by atoms with van der Waals surface area (Å²) in [7, 11) is 0. The molecule has 1 aliphatic rings. The van der Waals surface area contributed by atoms with Gasteiger partial charge in [0.05, 0.1) is 0 Å². The van der Waals surface area contributed by atoms with Crippen molar-refractivity contribution >= 4 is 17.5 Å². The van der Waals surface area contributed by atoms with Gasteiger partial charge in [-0.05, 0) is 38.0 Å². The van der Waals surface area contributed by atoms with E-state index in [0.29, 0.717) is 13.1 Å². The fourth-order valence-electron chi connectivity index (χ4n) is 2.86. The predicted molar refractivity (Wildman–Crippen MR) is 83.7 cm³/mol. The number of ether oxygens (including phenoxy) is 1. The highest BCUT2D eigenvalue weighted by Crippen LogP contribution is 2.10. The summed E-state index contributed by atoms with van der Waals surface area (Å²) in [6.07, 6.45) is 1.25. The Labute approximate surface area is 131 Å². The van der Waals surface area contributed by atoms with Crippen molar-refractivity contribution in [1.29, 1.82) is 0 Å². The zero-order valence-corrected chi connectivity index (χ0v) is 13.5. The zero-order chi connectivity index (χ0) is 15.2. The molecule has 0 unspecified atom stereocenters. The van der Waals surface area contributed by atoms with Crippen LogP contribution in [0.2, 0.25) is 5.02 Å². The quantitative estimate of drug-likeness (QED) is 0.840. The van der Waals surface area contributed by atoms with Gasteiger partial charge in [0, 0.05) is 11.6 Å². The summed E-state index contributed by atoms with van der Waals surface area (Å²) in [6.45, 7) is 7.08. The molecule has 0 aromatic heterocycles. The molecule has 0 spiro atoms. The molecule has 2 atom stereocenters. The standard InChI is InChI=1S/C16H23ClN2O2/c1-12-9-19(10-13(2)21-12)11-16(20)18-7-6-14-4-3-5-15(17)8-14/h3-5,8,12-13H,6-7,9-11H2,1-2H3,(H,18,20)/p+1/t12-,13-/m0/s1. The minimum Gasteiger partial charge on any atom is -0.364 e. The maximum absolute atomic E-state index is 12.0. The first-order valence-electron chi connectivity index (χ1n) is 7.53. The first-order valence-corrected chi connectivity index (χ1v) is 7.91. The molecule has 1 saturated heterocycles. The van der Waals surface area contributed by atoms with Crippen LogP contribution in [0, 0.1) is 0 Å². The molecule has 2 N–H and O–H groups in total. The third-order valence-electron chi connectivity index (χ3n) is 3.65. The van der Waals surface area contributed by atoms with E-state index < -0.39 is 0 Å². The van der Waals surface area contributed by atoms with Crippen molar-refractivity contribution in [3.63, 3.8) is 0 Å². The summed E-state index contributed by atoms with van der Waals surface area (Å²) in [5.41, 5.74) is 1.14. The topological polar surface area (TPSA) is 42.8 Å². The van der Waals surface area contributed by atoms with Gasteiger partial charge in [-0.2, -0.15) is 0 Å². The molecule has 1 amide bonds. The fraction of sp³-hybridized carbons (Fsp3) is 0.562. The Morgan fingerprint density at radius 1 is 1.38 bits per heavy atom. The van der Waals surface area contributed by atoms with Crippen molar-refractivity contribution in [2.45, 2.75) is 32.5 Å². The van der Waals surface area contributed by atoms with E-state index in [1.807, 2.05) is 24.3 Å². The lowest BCUT2D eigenvalue weighted by atomic mass is 10.1. The Balaban J connectivity index is 1.70. The minimum absolute atomic E-state index is 0.105. The number of hydrogen-bond donors (Lipinski definition) is 2. The highest BCUT2D eigenvalue weighted by atomic mass is 35.5. The maximum Gasteiger partial charge on any atom is 0.275 e. The van der Waals surface area contributed by atoms with Crippen molar-refractivity contribution in [3.8, 4) is 0 Å². The highest BCUT2D eigenvalue weighted by molar-refractivity contribution is 6.30.